The van der Waals surface area contributed by atoms with Crippen LogP contribution >= 0.6 is 15.9 Å². The molecule has 1 amide bonds. The third kappa shape index (κ3) is 3.82. The molecule has 8 heteroatoms. The summed E-state index contributed by atoms with van der Waals surface area (Å²) in [6.07, 6.45) is 4.62. The Balaban J connectivity index is 1.64. The molecule has 122 valence electrons. The van der Waals surface area contributed by atoms with Crippen molar-refractivity contribution in [3.05, 3.63) is 35.0 Å². The molecular formula is C15H16BrN3O4. The van der Waals surface area contributed by atoms with Crippen molar-refractivity contribution in [3.8, 4) is 11.8 Å². The lowest BCUT2D eigenvalue weighted by molar-refractivity contribution is 0.0497. The molecule has 0 bridgehead atoms. The van der Waals surface area contributed by atoms with E-state index in [1.807, 2.05) is 0 Å². The number of likely N-dealkylation sites (tertiary alicyclic amines) is 1. The third-order valence-electron chi connectivity index (χ3n) is 3.54. The molecule has 0 spiro atoms. The Labute approximate surface area is 141 Å². The molecule has 7 nitrogen and oxygen atoms in total. The van der Waals surface area contributed by atoms with E-state index < -0.39 is 0 Å². The van der Waals surface area contributed by atoms with Gasteiger partial charge in [-0.2, -0.15) is 4.98 Å². The van der Waals surface area contributed by atoms with Crippen molar-refractivity contribution >= 4 is 21.8 Å². The zero-order valence-corrected chi connectivity index (χ0v) is 14.2. The van der Waals surface area contributed by atoms with E-state index in [0.717, 1.165) is 12.8 Å². The summed E-state index contributed by atoms with van der Waals surface area (Å²) in [5, 5.41) is 0. The number of nitrogens with zero attached hydrogens (tertiary/aromatic N) is 3. The van der Waals surface area contributed by atoms with Gasteiger partial charge in [0.15, 0.2) is 10.4 Å². The van der Waals surface area contributed by atoms with Crippen LogP contribution in [-0.2, 0) is 0 Å². The fourth-order valence-electron chi connectivity index (χ4n) is 2.46. The summed E-state index contributed by atoms with van der Waals surface area (Å²) < 4.78 is 16.7. The molecule has 0 aromatic carbocycles. The second-order valence-electron chi connectivity index (χ2n) is 5.14. The molecule has 3 rings (SSSR count). The summed E-state index contributed by atoms with van der Waals surface area (Å²) in [4.78, 5) is 22.3. The number of aromatic nitrogens is 2. The van der Waals surface area contributed by atoms with Crippen molar-refractivity contribution in [1.82, 2.24) is 14.9 Å². The summed E-state index contributed by atoms with van der Waals surface area (Å²) in [6, 6.07) is 3.36. The highest BCUT2D eigenvalue weighted by molar-refractivity contribution is 9.10. The lowest BCUT2D eigenvalue weighted by atomic mass is 10.1. The first-order chi connectivity index (χ1) is 11.2. The van der Waals surface area contributed by atoms with E-state index in [-0.39, 0.29) is 12.0 Å². The molecule has 3 heterocycles. The number of carbonyl (C=O) groups is 1. The second kappa shape index (κ2) is 6.99. The zero-order valence-electron chi connectivity index (χ0n) is 12.6. The number of amides is 1. The summed E-state index contributed by atoms with van der Waals surface area (Å²) >= 11 is 3.20. The number of piperidine rings is 1. The minimum atomic E-state index is -0.138. The average molecular weight is 382 g/mol. The first-order valence-corrected chi connectivity index (χ1v) is 8.02. The van der Waals surface area contributed by atoms with E-state index in [1.54, 1.807) is 17.0 Å². The maximum Gasteiger partial charge on any atom is 0.289 e. The van der Waals surface area contributed by atoms with E-state index in [2.05, 4.69) is 25.9 Å². The Morgan fingerprint density at radius 2 is 2.22 bits per heavy atom. The van der Waals surface area contributed by atoms with Gasteiger partial charge in [0.1, 0.15) is 6.10 Å². The Morgan fingerprint density at radius 3 is 2.96 bits per heavy atom. The molecule has 2 aromatic rings. The van der Waals surface area contributed by atoms with Gasteiger partial charge in [-0.05, 0) is 40.9 Å². The summed E-state index contributed by atoms with van der Waals surface area (Å²) in [7, 11) is 1.52. The van der Waals surface area contributed by atoms with Crippen molar-refractivity contribution < 1.29 is 18.7 Å². The number of carbonyl (C=O) groups excluding carboxylic acids is 1. The standard InChI is InChI=1S/C15H16BrN3O4/c1-21-13-7-17-8-14(18-13)22-10-3-2-6-19(9-10)15(20)11-4-5-12(16)23-11/h4-5,7-8,10H,2-3,6,9H2,1H3. The van der Waals surface area contributed by atoms with Crippen LogP contribution in [-0.4, -0.2) is 47.1 Å². The molecule has 1 aliphatic rings. The fraction of sp³-hybridized carbons (Fsp3) is 0.400. The number of ether oxygens (including phenoxy) is 2. The number of hydrogen-bond donors (Lipinski definition) is 0. The lowest BCUT2D eigenvalue weighted by Gasteiger charge is -2.32. The van der Waals surface area contributed by atoms with E-state index in [1.165, 1.54) is 19.5 Å². The van der Waals surface area contributed by atoms with E-state index in [0.29, 0.717) is 35.3 Å². The van der Waals surface area contributed by atoms with Gasteiger partial charge in [0, 0.05) is 6.54 Å². The maximum absolute atomic E-state index is 12.4. The first kappa shape index (κ1) is 15.8. The topological polar surface area (TPSA) is 77.7 Å². The molecule has 1 saturated heterocycles. The van der Waals surface area contributed by atoms with Crippen LogP contribution in [0.15, 0.2) is 33.6 Å². The molecule has 0 aliphatic carbocycles. The summed E-state index contributed by atoms with van der Waals surface area (Å²) in [6.45, 7) is 1.16. The van der Waals surface area contributed by atoms with Gasteiger partial charge in [0.2, 0.25) is 11.8 Å². The van der Waals surface area contributed by atoms with Gasteiger partial charge in [0.05, 0.1) is 26.0 Å². The molecular weight excluding hydrogens is 366 g/mol. The molecule has 1 fully saturated rings. The normalized spacial score (nSPS) is 17.8. The predicted molar refractivity (Wildman–Crippen MR) is 84.5 cm³/mol. The van der Waals surface area contributed by atoms with Crippen LogP contribution in [0.2, 0.25) is 0 Å². The highest BCUT2D eigenvalue weighted by Crippen LogP contribution is 2.21. The van der Waals surface area contributed by atoms with E-state index in [9.17, 15) is 4.79 Å². The van der Waals surface area contributed by atoms with Crippen molar-refractivity contribution in [2.24, 2.45) is 0 Å². The van der Waals surface area contributed by atoms with Crippen LogP contribution in [0.4, 0.5) is 0 Å². The van der Waals surface area contributed by atoms with Crippen LogP contribution in [0, 0.1) is 0 Å². The second-order valence-corrected chi connectivity index (χ2v) is 5.92. The van der Waals surface area contributed by atoms with Gasteiger partial charge in [-0.15, -0.1) is 0 Å². The Bertz CT molecular complexity index is 691. The molecule has 1 atom stereocenters. The van der Waals surface area contributed by atoms with Gasteiger partial charge < -0.3 is 18.8 Å². The largest absolute Gasteiger partial charge is 0.480 e. The Morgan fingerprint density at radius 1 is 1.39 bits per heavy atom. The monoisotopic (exact) mass is 381 g/mol. The number of furan rings is 1. The van der Waals surface area contributed by atoms with Crippen LogP contribution in [0.25, 0.3) is 0 Å². The third-order valence-corrected chi connectivity index (χ3v) is 3.96. The number of methoxy groups -OCH3 is 1. The van der Waals surface area contributed by atoms with Gasteiger partial charge in [0.25, 0.3) is 5.91 Å². The molecule has 1 aliphatic heterocycles. The van der Waals surface area contributed by atoms with Crippen molar-refractivity contribution in [2.75, 3.05) is 20.2 Å². The van der Waals surface area contributed by atoms with Gasteiger partial charge >= 0.3 is 0 Å². The molecule has 0 saturated carbocycles. The van der Waals surface area contributed by atoms with Crippen molar-refractivity contribution in [1.29, 1.82) is 0 Å². The van der Waals surface area contributed by atoms with Crippen LogP contribution in [0.5, 0.6) is 11.8 Å². The smallest absolute Gasteiger partial charge is 0.289 e. The minimum Gasteiger partial charge on any atom is -0.480 e. The lowest BCUT2D eigenvalue weighted by Crippen LogP contribution is -2.44. The van der Waals surface area contributed by atoms with Crippen molar-refractivity contribution in [3.63, 3.8) is 0 Å². The predicted octanol–water partition coefficient (Wildman–Crippen LogP) is 2.52. The molecule has 0 N–H and O–H groups in total. The molecule has 2 aromatic heterocycles. The summed E-state index contributed by atoms with van der Waals surface area (Å²) in [5.41, 5.74) is 0. The van der Waals surface area contributed by atoms with Gasteiger partial charge in [-0.25, -0.2) is 0 Å². The SMILES string of the molecule is COc1cncc(OC2CCCN(C(=O)c3ccc(Br)o3)C2)n1. The highest BCUT2D eigenvalue weighted by atomic mass is 79.9. The number of hydrogen-bond acceptors (Lipinski definition) is 6. The first-order valence-electron chi connectivity index (χ1n) is 7.23. The maximum atomic E-state index is 12.4. The summed E-state index contributed by atoms with van der Waals surface area (Å²) in [5.74, 6) is 0.968. The van der Waals surface area contributed by atoms with E-state index in [4.69, 9.17) is 13.9 Å². The highest BCUT2D eigenvalue weighted by Gasteiger charge is 2.27. The van der Waals surface area contributed by atoms with Gasteiger partial charge in [-0.3, -0.25) is 9.78 Å². The van der Waals surface area contributed by atoms with Crippen molar-refractivity contribution in [2.45, 2.75) is 18.9 Å². The fourth-order valence-corrected chi connectivity index (χ4v) is 2.77. The van der Waals surface area contributed by atoms with Crippen LogP contribution < -0.4 is 9.47 Å². The number of halogens is 1. The molecule has 23 heavy (non-hydrogen) atoms. The Kier molecular flexibility index (Phi) is 4.80. The average Bonchev–Trinajstić information content (AvgIpc) is 3.01. The quantitative estimate of drug-likeness (QED) is 0.809. The van der Waals surface area contributed by atoms with Crippen LogP contribution in [0.1, 0.15) is 23.4 Å². The Hall–Kier alpha value is -2.09. The number of rotatable bonds is 4. The minimum absolute atomic E-state index is 0.132. The molecule has 0 radical (unpaired) electrons. The van der Waals surface area contributed by atoms with Gasteiger partial charge in [-0.1, -0.05) is 0 Å². The molecule has 1 unspecified atom stereocenters. The zero-order chi connectivity index (χ0) is 16.2. The van der Waals surface area contributed by atoms with E-state index >= 15 is 0 Å². The van der Waals surface area contributed by atoms with Crippen LogP contribution in [0.3, 0.4) is 0 Å².